The molecule has 144 valence electrons. The Morgan fingerprint density at radius 1 is 1.14 bits per heavy atom. The number of anilines is 1. The zero-order chi connectivity index (χ0) is 20.1. The van der Waals surface area contributed by atoms with E-state index in [0.29, 0.717) is 28.8 Å². The molecule has 0 atom stereocenters. The lowest BCUT2D eigenvalue weighted by atomic mass is 10.2. The van der Waals surface area contributed by atoms with Crippen LogP contribution in [0.1, 0.15) is 17.3 Å². The molecule has 0 fully saturated rings. The van der Waals surface area contributed by atoms with Crippen molar-refractivity contribution in [1.29, 1.82) is 0 Å². The number of carbonyl (C=O) groups is 2. The number of aromatic nitrogens is 3. The summed E-state index contributed by atoms with van der Waals surface area (Å²) >= 11 is 1.21. The first-order valence-corrected chi connectivity index (χ1v) is 9.45. The Bertz CT molecular complexity index is 1020. The van der Waals surface area contributed by atoms with Crippen LogP contribution in [0.2, 0.25) is 0 Å². The van der Waals surface area contributed by atoms with Gasteiger partial charge in [0.25, 0.3) is 0 Å². The van der Waals surface area contributed by atoms with Crippen LogP contribution in [0.4, 0.5) is 5.69 Å². The lowest BCUT2D eigenvalue weighted by Crippen LogP contribution is -2.15. The predicted octanol–water partition coefficient (Wildman–Crippen LogP) is 3.10. The van der Waals surface area contributed by atoms with E-state index in [4.69, 9.17) is 5.11 Å². The standard InChI is InChI=1S/C19H18N4O4S/c1-2-23-17(14-8-3-4-9-15(14)24)21-22-19(23)28-11-16(25)20-13-7-5-6-12(10-13)18(26)27/h3-10,24H,2,11H2,1H3,(H,20,25)(H,26,27). The lowest BCUT2D eigenvalue weighted by Gasteiger charge is -2.09. The molecule has 0 saturated carbocycles. The molecule has 9 heteroatoms. The van der Waals surface area contributed by atoms with Gasteiger partial charge in [0.1, 0.15) is 5.75 Å². The Labute approximate surface area is 165 Å². The van der Waals surface area contributed by atoms with Crippen LogP contribution in [0.5, 0.6) is 5.75 Å². The van der Waals surface area contributed by atoms with Gasteiger partial charge in [0.15, 0.2) is 11.0 Å². The van der Waals surface area contributed by atoms with E-state index in [9.17, 15) is 14.7 Å². The van der Waals surface area contributed by atoms with Gasteiger partial charge in [0.2, 0.25) is 5.91 Å². The van der Waals surface area contributed by atoms with E-state index in [1.165, 1.54) is 23.9 Å². The molecular formula is C19H18N4O4S. The van der Waals surface area contributed by atoms with Gasteiger partial charge >= 0.3 is 5.97 Å². The number of phenolic OH excluding ortho intramolecular Hbond substituents is 1. The van der Waals surface area contributed by atoms with Crippen LogP contribution in [0, 0.1) is 0 Å². The number of amides is 1. The van der Waals surface area contributed by atoms with Gasteiger partial charge in [-0.3, -0.25) is 4.79 Å². The smallest absolute Gasteiger partial charge is 0.335 e. The molecule has 8 nitrogen and oxygen atoms in total. The Kier molecular flexibility index (Phi) is 5.95. The van der Waals surface area contributed by atoms with E-state index in [-0.39, 0.29) is 23.0 Å². The molecule has 0 spiro atoms. The molecular weight excluding hydrogens is 380 g/mol. The fourth-order valence-corrected chi connectivity index (χ4v) is 3.40. The molecule has 3 rings (SSSR count). The SMILES string of the molecule is CCn1c(SCC(=O)Nc2cccc(C(=O)O)c2)nnc1-c1ccccc1O. The number of rotatable bonds is 7. The van der Waals surface area contributed by atoms with Crippen molar-refractivity contribution < 1.29 is 19.8 Å². The Morgan fingerprint density at radius 2 is 1.93 bits per heavy atom. The van der Waals surface area contributed by atoms with Gasteiger partial charge < -0.3 is 20.1 Å². The molecule has 0 aliphatic carbocycles. The summed E-state index contributed by atoms with van der Waals surface area (Å²) in [4.78, 5) is 23.2. The number of aromatic hydroxyl groups is 1. The number of carbonyl (C=O) groups excluding carboxylic acids is 1. The Hall–Kier alpha value is -3.33. The molecule has 28 heavy (non-hydrogen) atoms. The fraction of sp³-hybridized carbons (Fsp3) is 0.158. The number of phenols is 1. The number of nitrogens with zero attached hydrogens (tertiary/aromatic N) is 3. The van der Waals surface area contributed by atoms with Gasteiger partial charge in [-0.25, -0.2) is 4.79 Å². The van der Waals surface area contributed by atoms with Crippen LogP contribution >= 0.6 is 11.8 Å². The summed E-state index contributed by atoms with van der Waals surface area (Å²) in [7, 11) is 0. The van der Waals surface area contributed by atoms with Crippen LogP contribution in [0.15, 0.2) is 53.7 Å². The van der Waals surface area contributed by atoms with Crippen molar-refractivity contribution in [2.45, 2.75) is 18.6 Å². The minimum Gasteiger partial charge on any atom is -0.507 e. The minimum absolute atomic E-state index is 0.0796. The number of thioether (sulfide) groups is 1. The number of hydrogen-bond acceptors (Lipinski definition) is 6. The average molecular weight is 398 g/mol. The summed E-state index contributed by atoms with van der Waals surface area (Å²) < 4.78 is 1.82. The number of para-hydroxylation sites is 1. The summed E-state index contributed by atoms with van der Waals surface area (Å²) in [5.74, 6) is -0.633. The Morgan fingerprint density at radius 3 is 2.64 bits per heavy atom. The van der Waals surface area contributed by atoms with Crippen molar-refractivity contribution in [2.24, 2.45) is 0 Å². The van der Waals surface area contributed by atoms with Crippen LogP contribution < -0.4 is 5.32 Å². The van der Waals surface area contributed by atoms with E-state index < -0.39 is 5.97 Å². The van der Waals surface area contributed by atoms with Gasteiger partial charge in [-0.1, -0.05) is 30.0 Å². The second kappa shape index (κ2) is 8.57. The number of aromatic carboxylic acids is 1. The van der Waals surface area contributed by atoms with E-state index in [2.05, 4.69) is 15.5 Å². The highest BCUT2D eigenvalue weighted by Gasteiger charge is 2.17. The van der Waals surface area contributed by atoms with Gasteiger partial charge in [0, 0.05) is 12.2 Å². The van der Waals surface area contributed by atoms with E-state index in [1.54, 1.807) is 36.4 Å². The van der Waals surface area contributed by atoms with E-state index in [1.807, 2.05) is 11.5 Å². The third-order valence-electron chi connectivity index (χ3n) is 3.90. The number of benzene rings is 2. The molecule has 1 aromatic heterocycles. The summed E-state index contributed by atoms with van der Waals surface area (Å²) in [6.07, 6.45) is 0. The van der Waals surface area contributed by atoms with Crippen LogP contribution in [0.3, 0.4) is 0 Å². The summed E-state index contributed by atoms with van der Waals surface area (Å²) in [6.45, 7) is 2.50. The van der Waals surface area contributed by atoms with Gasteiger partial charge in [-0.15, -0.1) is 10.2 Å². The van der Waals surface area contributed by atoms with E-state index in [0.717, 1.165) is 0 Å². The molecule has 1 heterocycles. The molecule has 2 aromatic carbocycles. The maximum atomic E-state index is 12.2. The number of nitrogens with one attached hydrogen (secondary N) is 1. The van der Waals surface area contributed by atoms with Crippen molar-refractivity contribution >= 4 is 29.3 Å². The Balaban J connectivity index is 1.69. The van der Waals surface area contributed by atoms with Gasteiger partial charge in [-0.05, 0) is 37.3 Å². The van der Waals surface area contributed by atoms with Crippen molar-refractivity contribution in [3.63, 3.8) is 0 Å². The number of carboxylic acid groups (broad SMARTS) is 1. The molecule has 0 aliphatic heterocycles. The zero-order valence-electron chi connectivity index (χ0n) is 15.0. The van der Waals surface area contributed by atoms with Crippen molar-refractivity contribution in [1.82, 2.24) is 14.8 Å². The molecule has 0 radical (unpaired) electrons. The topological polar surface area (TPSA) is 117 Å². The van der Waals surface area contributed by atoms with Crippen molar-refractivity contribution in [3.8, 4) is 17.1 Å². The third-order valence-corrected chi connectivity index (χ3v) is 4.87. The largest absolute Gasteiger partial charge is 0.507 e. The molecule has 3 aromatic rings. The third kappa shape index (κ3) is 4.32. The average Bonchev–Trinajstić information content (AvgIpc) is 3.09. The lowest BCUT2D eigenvalue weighted by molar-refractivity contribution is -0.113. The van der Waals surface area contributed by atoms with Crippen molar-refractivity contribution in [2.75, 3.05) is 11.1 Å². The molecule has 0 saturated heterocycles. The highest BCUT2D eigenvalue weighted by molar-refractivity contribution is 7.99. The highest BCUT2D eigenvalue weighted by Crippen LogP contribution is 2.30. The highest BCUT2D eigenvalue weighted by atomic mass is 32.2. The number of hydrogen-bond donors (Lipinski definition) is 3. The van der Waals surface area contributed by atoms with Gasteiger partial charge in [-0.2, -0.15) is 0 Å². The predicted molar refractivity (Wildman–Crippen MR) is 106 cm³/mol. The fourth-order valence-electron chi connectivity index (χ4n) is 2.60. The maximum absolute atomic E-state index is 12.2. The van der Waals surface area contributed by atoms with Crippen molar-refractivity contribution in [3.05, 3.63) is 54.1 Å². The minimum atomic E-state index is -1.06. The molecule has 0 unspecified atom stereocenters. The normalized spacial score (nSPS) is 10.6. The number of carboxylic acids is 1. The first kappa shape index (κ1) is 19.4. The first-order chi connectivity index (χ1) is 13.5. The quantitative estimate of drug-likeness (QED) is 0.524. The van der Waals surface area contributed by atoms with Gasteiger partial charge in [0.05, 0.1) is 16.9 Å². The summed E-state index contributed by atoms with van der Waals surface area (Å²) in [5.41, 5.74) is 1.08. The van der Waals surface area contributed by atoms with Crippen LogP contribution in [0.25, 0.3) is 11.4 Å². The zero-order valence-corrected chi connectivity index (χ0v) is 15.8. The maximum Gasteiger partial charge on any atom is 0.335 e. The second-order valence-corrected chi connectivity index (χ2v) is 6.73. The molecule has 0 bridgehead atoms. The first-order valence-electron chi connectivity index (χ1n) is 8.47. The second-order valence-electron chi connectivity index (χ2n) is 5.79. The van der Waals surface area contributed by atoms with E-state index >= 15 is 0 Å². The van der Waals surface area contributed by atoms with Crippen LogP contribution in [-0.4, -0.2) is 42.6 Å². The monoisotopic (exact) mass is 398 g/mol. The molecule has 1 amide bonds. The summed E-state index contributed by atoms with van der Waals surface area (Å²) in [6, 6.07) is 12.9. The summed E-state index contributed by atoms with van der Waals surface area (Å²) in [5, 5.41) is 30.6. The molecule has 3 N–H and O–H groups in total. The van der Waals surface area contributed by atoms with Crippen LogP contribution in [-0.2, 0) is 11.3 Å². The molecule has 0 aliphatic rings.